The lowest BCUT2D eigenvalue weighted by Gasteiger charge is -2.35. The second-order valence-electron chi connectivity index (χ2n) is 8.47. The first-order valence-corrected chi connectivity index (χ1v) is 11.3. The summed E-state index contributed by atoms with van der Waals surface area (Å²) in [6.07, 6.45) is 5.60. The SMILES string of the molecule is CCCOc1cccc(/C(O)=C2/C(=O)C(=O)N(C3CCCCC3)C2c2cccc(O)c2)c1. The first kappa shape index (κ1) is 21.9. The Bertz CT molecular complexity index is 1040. The van der Waals surface area contributed by atoms with Crippen molar-refractivity contribution >= 4 is 17.4 Å². The van der Waals surface area contributed by atoms with Crippen molar-refractivity contribution in [3.63, 3.8) is 0 Å². The normalized spacial score (nSPS) is 21.2. The van der Waals surface area contributed by atoms with Gasteiger partial charge in [-0.25, -0.2) is 0 Å². The molecule has 1 aliphatic carbocycles. The zero-order valence-electron chi connectivity index (χ0n) is 18.3. The van der Waals surface area contributed by atoms with E-state index >= 15 is 0 Å². The van der Waals surface area contributed by atoms with Crippen molar-refractivity contribution in [3.05, 3.63) is 65.2 Å². The highest BCUT2D eigenvalue weighted by molar-refractivity contribution is 6.46. The number of likely N-dealkylation sites (tertiary alicyclic amines) is 1. The number of aliphatic hydroxyl groups excluding tert-OH is 1. The van der Waals surface area contributed by atoms with Gasteiger partial charge in [-0.3, -0.25) is 9.59 Å². The number of Topliss-reactive ketones (excluding diaryl/α,β-unsaturated/α-hetero) is 1. The maximum atomic E-state index is 13.2. The number of benzene rings is 2. The van der Waals surface area contributed by atoms with Gasteiger partial charge < -0.3 is 19.8 Å². The van der Waals surface area contributed by atoms with E-state index in [1.165, 1.54) is 0 Å². The number of rotatable bonds is 6. The van der Waals surface area contributed by atoms with E-state index in [1.54, 1.807) is 53.4 Å². The van der Waals surface area contributed by atoms with Crippen LogP contribution in [-0.2, 0) is 9.59 Å². The molecule has 4 rings (SSSR count). The topological polar surface area (TPSA) is 87.1 Å². The van der Waals surface area contributed by atoms with Gasteiger partial charge in [0.2, 0.25) is 0 Å². The van der Waals surface area contributed by atoms with Crippen molar-refractivity contribution in [2.75, 3.05) is 6.61 Å². The second-order valence-corrected chi connectivity index (χ2v) is 8.47. The summed E-state index contributed by atoms with van der Waals surface area (Å²) in [6, 6.07) is 12.7. The molecule has 1 amide bonds. The smallest absolute Gasteiger partial charge is 0.295 e. The molecule has 1 heterocycles. The molecule has 0 radical (unpaired) electrons. The third-order valence-corrected chi connectivity index (χ3v) is 6.21. The molecule has 0 spiro atoms. The van der Waals surface area contributed by atoms with Crippen molar-refractivity contribution in [3.8, 4) is 11.5 Å². The zero-order chi connectivity index (χ0) is 22.7. The minimum atomic E-state index is -0.745. The summed E-state index contributed by atoms with van der Waals surface area (Å²) < 4.78 is 5.67. The Morgan fingerprint density at radius 3 is 2.53 bits per heavy atom. The van der Waals surface area contributed by atoms with E-state index in [4.69, 9.17) is 4.74 Å². The number of aromatic hydroxyl groups is 1. The fraction of sp³-hybridized carbons (Fsp3) is 0.385. The van der Waals surface area contributed by atoms with Crippen LogP contribution in [0.1, 0.15) is 62.6 Å². The van der Waals surface area contributed by atoms with Gasteiger partial charge in [0.25, 0.3) is 11.7 Å². The van der Waals surface area contributed by atoms with Crippen LogP contribution < -0.4 is 4.74 Å². The van der Waals surface area contributed by atoms with E-state index in [0.717, 1.165) is 38.5 Å². The Labute approximate surface area is 188 Å². The molecule has 1 unspecified atom stereocenters. The third-order valence-electron chi connectivity index (χ3n) is 6.21. The van der Waals surface area contributed by atoms with Crippen LogP contribution in [0.15, 0.2) is 54.1 Å². The minimum absolute atomic E-state index is 0.0479. The molecular weight excluding hydrogens is 406 g/mol. The van der Waals surface area contributed by atoms with Gasteiger partial charge in [-0.05, 0) is 49.1 Å². The number of ketones is 1. The molecule has 32 heavy (non-hydrogen) atoms. The van der Waals surface area contributed by atoms with Crippen LogP contribution in [0.3, 0.4) is 0 Å². The fourth-order valence-corrected chi connectivity index (χ4v) is 4.72. The van der Waals surface area contributed by atoms with Crippen molar-refractivity contribution < 1.29 is 24.5 Å². The van der Waals surface area contributed by atoms with Gasteiger partial charge in [0.05, 0.1) is 18.2 Å². The summed E-state index contributed by atoms with van der Waals surface area (Å²) in [5.41, 5.74) is 1.08. The summed E-state index contributed by atoms with van der Waals surface area (Å²) >= 11 is 0. The van der Waals surface area contributed by atoms with Crippen molar-refractivity contribution in [1.82, 2.24) is 4.90 Å². The predicted octanol–water partition coefficient (Wildman–Crippen LogP) is 4.94. The van der Waals surface area contributed by atoms with Crippen LogP contribution in [0.25, 0.3) is 5.76 Å². The Balaban J connectivity index is 1.83. The van der Waals surface area contributed by atoms with Crippen LogP contribution in [0.2, 0.25) is 0 Å². The van der Waals surface area contributed by atoms with Gasteiger partial charge in [-0.15, -0.1) is 0 Å². The molecule has 2 fully saturated rings. The Hall–Kier alpha value is -3.28. The standard InChI is InChI=1S/C26H29NO5/c1-2-14-32-21-13-7-9-18(16-21)24(29)22-23(17-8-6-12-20(28)15-17)27(26(31)25(22)30)19-10-4-3-5-11-19/h6-9,12-13,15-16,19,23,28-29H,2-5,10-11,14H2,1H3/b24-22-. The molecule has 1 saturated heterocycles. The molecule has 6 heteroatoms. The number of phenols is 1. The van der Waals surface area contributed by atoms with Gasteiger partial charge in [0, 0.05) is 11.6 Å². The second kappa shape index (κ2) is 9.47. The van der Waals surface area contributed by atoms with E-state index in [0.29, 0.717) is 23.5 Å². The highest BCUT2D eigenvalue weighted by Crippen LogP contribution is 2.43. The van der Waals surface area contributed by atoms with Gasteiger partial charge in [-0.1, -0.05) is 50.5 Å². The summed E-state index contributed by atoms with van der Waals surface area (Å²) in [5.74, 6) is -0.874. The molecule has 1 atom stereocenters. The van der Waals surface area contributed by atoms with E-state index < -0.39 is 17.7 Å². The van der Waals surface area contributed by atoms with Crippen molar-refractivity contribution in [2.45, 2.75) is 57.5 Å². The lowest BCUT2D eigenvalue weighted by molar-refractivity contribution is -0.141. The molecule has 2 aromatic rings. The fourth-order valence-electron chi connectivity index (χ4n) is 4.72. The quantitative estimate of drug-likeness (QED) is 0.381. The average molecular weight is 436 g/mol. The number of hydrogen-bond donors (Lipinski definition) is 2. The maximum absolute atomic E-state index is 13.2. The highest BCUT2D eigenvalue weighted by Gasteiger charge is 2.48. The number of phenolic OH excluding ortho intramolecular Hbond substituents is 1. The van der Waals surface area contributed by atoms with Gasteiger partial charge in [-0.2, -0.15) is 0 Å². The van der Waals surface area contributed by atoms with Gasteiger partial charge in [0.1, 0.15) is 17.3 Å². The van der Waals surface area contributed by atoms with Crippen LogP contribution in [0, 0.1) is 0 Å². The molecule has 2 N–H and O–H groups in total. The maximum Gasteiger partial charge on any atom is 0.295 e. The molecular formula is C26H29NO5. The summed E-state index contributed by atoms with van der Waals surface area (Å²) in [7, 11) is 0. The zero-order valence-corrected chi connectivity index (χ0v) is 18.3. The molecule has 0 aromatic heterocycles. The molecule has 6 nitrogen and oxygen atoms in total. The Kier molecular flexibility index (Phi) is 6.49. The molecule has 168 valence electrons. The van der Waals surface area contributed by atoms with E-state index in [1.807, 2.05) is 6.92 Å². The molecule has 2 aromatic carbocycles. The molecule has 1 aliphatic heterocycles. The van der Waals surface area contributed by atoms with E-state index in [-0.39, 0.29) is 23.1 Å². The Morgan fingerprint density at radius 1 is 1.06 bits per heavy atom. The average Bonchev–Trinajstić information content (AvgIpc) is 3.08. The van der Waals surface area contributed by atoms with Crippen LogP contribution >= 0.6 is 0 Å². The minimum Gasteiger partial charge on any atom is -0.508 e. The molecule has 0 bridgehead atoms. The monoisotopic (exact) mass is 435 g/mol. The van der Waals surface area contributed by atoms with E-state index in [2.05, 4.69) is 0 Å². The first-order valence-electron chi connectivity index (χ1n) is 11.3. The van der Waals surface area contributed by atoms with Crippen LogP contribution in [0.4, 0.5) is 0 Å². The number of amides is 1. The number of hydrogen-bond acceptors (Lipinski definition) is 5. The van der Waals surface area contributed by atoms with E-state index in [9.17, 15) is 19.8 Å². The van der Waals surface area contributed by atoms with Crippen molar-refractivity contribution in [2.24, 2.45) is 0 Å². The van der Waals surface area contributed by atoms with Gasteiger partial charge in [0.15, 0.2) is 0 Å². The largest absolute Gasteiger partial charge is 0.508 e. The summed E-state index contributed by atoms with van der Waals surface area (Å²) in [6.45, 7) is 2.55. The number of aliphatic hydroxyl groups is 1. The van der Waals surface area contributed by atoms with Gasteiger partial charge >= 0.3 is 0 Å². The lowest BCUT2D eigenvalue weighted by Crippen LogP contribution is -2.40. The first-order chi connectivity index (χ1) is 15.5. The number of carbonyl (C=O) groups excluding carboxylic acids is 2. The predicted molar refractivity (Wildman–Crippen MR) is 121 cm³/mol. The molecule has 1 saturated carbocycles. The lowest BCUT2D eigenvalue weighted by atomic mass is 9.91. The summed E-state index contributed by atoms with van der Waals surface area (Å²) in [5, 5.41) is 21.3. The van der Waals surface area contributed by atoms with Crippen LogP contribution in [0.5, 0.6) is 11.5 Å². The summed E-state index contributed by atoms with van der Waals surface area (Å²) in [4.78, 5) is 28.0. The van der Waals surface area contributed by atoms with Crippen molar-refractivity contribution in [1.29, 1.82) is 0 Å². The van der Waals surface area contributed by atoms with Crippen LogP contribution in [-0.4, -0.2) is 39.5 Å². The Morgan fingerprint density at radius 2 is 1.81 bits per heavy atom. The molecule has 2 aliphatic rings. The number of nitrogens with zero attached hydrogens (tertiary/aromatic N) is 1. The number of carbonyl (C=O) groups is 2. The third kappa shape index (κ3) is 4.22. The number of ether oxygens (including phenoxy) is 1. The highest BCUT2D eigenvalue weighted by atomic mass is 16.5.